The van der Waals surface area contributed by atoms with Crippen molar-refractivity contribution in [3.05, 3.63) is 28.9 Å². The molecule has 0 radical (unpaired) electrons. The Labute approximate surface area is 206 Å². The van der Waals surface area contributed by atoms with Gasteiger partial charge in [-0.3, -0.25) is 4.79 Å². The van der Waals surface area contributed by atoms with Gasteiger partial charge in [0, 0.05) is 28.4 Å². The van der Waals surface area contributed by atoms with Crippen LogP contribution in [0.3, 0.4) is 0 Å². The van der Waals surface area contributed by atoms with Crippen LogP contribution in [-0.4, -0.2) is 61.1 Å². The molecule has 2 aromatic rings. The van der Waals surface area contributed by atoms with Gasteiger partial charge in [-0.05, 0) is 89.1 Å². The van der Waals surface area contributed by atoms with E-state index in [1.807, 2.05) is 18.2 Å². The Balaban J connectivity index is 0.992. The van der Waals surface area contributed by atoms with Crippen molar-refractivity contribution in [1.29, 1.82) is 0 Å². The van der Waals surface area contributed by atoms with Crippen LogP contribution in [0.5, 0.6) is 0 Å². The molecule has 1 aromatic heterocycles. The largest absolute Gasteiger partial charge is 0.356 e. The van der Waals surface area contributed by atoms with Gasteiger partial charge in [0.25, 0.3) is 0 Å². The number of rotatable bonds is 7. The van der Waals surface area contributed by atoms with Crippen molar-refractivity contribution in [2.75, 3.05) is 32.8 Å². The van der Waals surface area contributed by atoms with Crippen LogP contribution in [0.1, 0.15) is 69.4 Å². The summed E-state index contributed by atoms with van der Waals surface area (Å²) < 4.78 is 16.5. The average molecular weight is 490 g/mol. The highest BCUT2D eigenvalue weighted by Crippen LogP contribution is 2.34. The number of piperidine rings is 1. The molecule has 7 nitrogen and oxygen atoms in total. The van der Waals surface area contributed by atoms with Crippen molar-refractivity contribution in [2.45, 2.75) is 76.0 Å². The number of aromatic nitrogens is 1. The molecule has 0 spiro atoms. The second-order valence-electron chi connectivity index (χ2n) is 10.1. The van der Waals surface area contributed by atoms with Gasteiger partial charge in [-0.15, -0.1) is 0 Å². The maximum atomic E-state index is 12.3. The van der Waals surface area contributed by atoms with Crippen LogP contribution >= 0.6 is 11.6 Å². The number of carbonyl (C=O) groups is 1. The summed E-state index contributed by atoms with van der Waals surface area (Å²) in [6.45, 7) is 4.77. The molecule has 0 unspecified atom stereocenters. The molecule has 0 bridgehead atoms. The maximum Gasteiger partial charge on any atom is 0.225 e. The van der Waals surface area contributed by atoms with Crippen LogP contribution < -0.4 is 5.32 Å². The van der Waals surface area contributed by atoms with Gasteiger partial charge < -0.3 is 24.2 Å². The lowest BCUT2D eigenvalue weighted by atomic mass is 9.83. The predicted molar refractivity (Wildman–Crippen MR) is 131 cm³/mol. The standard InChI is InChI=1S/C26H36ClN3O4/c27-20-4-7-22-23(16-20)34-29-26(22)19-9-12-30(13-10-19)11-8-18-2-5-21(6-3-18)28-24(31)17-25-32-14-1-15-33-25/h4,7,16,18-19,21,25H,1-3,5-6,8-15,17H2,(H,28,31). The first-order valence-electron chi connectivity index (χ1n) is 12.9. The Hall–Kier alpha value is -1.67. The van der Waals surface area contributed by atoms with E-state index in [1.165, 1.54) is 25.8 Å². The number of hydrogen-bond donors (Lipinski definition) is 1. The molecular weight excluding hydrogens is 454 g/mol. The first-order valence-corrected chi connectivity index (χ1v) is 13.3. The first kappa shape index (κ1) is 24.0. The number of likely N-dealkylation sites (tertiary alicyclic amines) is 1. The minimum Gasteiger partial charge on any atom is -0.356 e. The lowest BCUT2D eigenvalue weighted by Gasteiger charge is -2.34. The number of ether oxygens (including phenoxy) is 2. The van der Waals surface area contributed by atoms with Crippen molar-refractivity contribution in [1.82, 2.24) is 15.4 Å². The monoisotopic (exact) mass is 489 g/mol. The fourth-order valence-corrected chi connectivity index (χ4v) is 5.87. The minimum atomic E-state index is -0.365. The van der Waals surface area contributed by atoms with Crippen molar-refractivity contribution in [2.24, 2.45) is 5.92 Å². The molecule has 3 heterocycles. The topological polar surface area (TPSA) is 76.8 Å². The quantitative estimate of drug-likeness (QED) is 0.597. The van der Waals surface area contributed by atoms with E-state index in [4.69, 9.17) is 25.6 Å². The molecule has 1 N–H and O–H groups in total. The SMILES string of the molecule is O=C(CC1OCCCO1)NC1CCC(CCN2CCC(c3noc4cc(Cl)ccc34)CC2)CC1. The van der Waals surface area contributed by atoms with E-state index in [9.17, 15) is 4.79 Å². The van der Waals surface area contributed by atoms with Crippen LogP contribution in [0.2, 0.25) is 5.02 Å². The fourth-order valence-electron chi connectivity index (χ4n) is 5.71. The van der Waals surface area contributed by atoms with Gasteiger partial charge in [0.05, 0.1) is 25.3 Å². The number of fused-ring (bicyclic) bond motifs is 1. The zero-order valence-electron chi connectivity index (χ0n) is 19.8. The minimum absolute atomic E-state index is 0.0567. The molecule has 34 heavy (non-hydrogen) atoms. The summed E-state index contributed by atoms with van der Waals surface area (Å²) in [5, 5.41) is 9.35. The smallest absolute Gasteiger partial charge is 0.225 e. The molecule has 1 aliphatic carbocycles. The molecule has 5 rings (SSSR count). The number of hydrogen-bond acceptors (Lipinski definition) is 6. The number of halogens is 1. The van der Waals surface area contributed by atoms with E-state index in [1.54, 1.807) is 0 Å². The highest BCUT2D eigenvalue weighted by molar-refractivity contribution is 6.31. The molecule has 3 fully saturated rings. The van der Waals surface area contributed by atoms with Gasteiger partial charge in [0.1, 0.15) is 0 Å². The summed E-state index contributed by atoms with van der Waals surface area (Å²) in [4.78, 5) is 14.9. The number of carbonyl (C=O) groups excluding carboxylic acids is 1. The van der Waals surface area contributed by atoms with Gasteiger partial charge in [0.15, 0.2) is 11.9 Å². The summed E-state index contributed by atoms with van der Waals surface area (Å²) >= 11 is 6.08. The Kier molecular flexibility index (Phi) is 8.05. The van der Waals surface area contributed by atoms with E-state index in [-0.39, 0.29) is 12.2 Å². The lowest BCUT2D eigenvalue weighted by molar-refractivity contribution is -0.184. The van der Waals surface area contributed by atoms with Gasteiger partial charge in [-0.2, -0.15) is 0 Å². The molecule has 186 valence electrons. The summed E-state index contributed by atoms with van der Waals surface area (Å²) in [5.41, 5.74) is 1.88. The van der Waals surface area contributed by atoms with E-state index >= 15 is 0 Å². The number of benzene rings is 1. The Bertz CT molecular complexity index is 945. The van der Waals surface area contributed by atoms with Gasteiger partial charge >= 0.3 is 0 Å². The molecule has 2 saturated heterocycles. The van der Waals surface area contributed by atoms with Crippen LogP contribution in [0.4, 0.5) is 0 Å². The molecule has 8 heteroatoms. The van der Waals surface area contributed by atoms with Crippen molar-refractivity contribution in [3.8, 4) is 0 Å². The number of amides is 1. The van der Waals surface area contributed by atoms with E-state index in [2.05, 4.69) is 15.4 Å². The van der Waals surface area contributed by atoms with Gasteiger partial charge in [-0.1, -0.05) is 16.8 Å². The second kappa shape index (κ2) is 11.4. The third-order valence-electron chi connectivity index (χ3n) is 7.75. The fraction of sp³-hybridized carbons (Fsp3) is 0.692. The second-order valence-corrected chi connectivity index (χ2v) is 10.6. The highest BCUT2D eigenvalue weighted by Gasteiger charge is 2.27. The molecule has 1 aromatic carbocycles. The normalized spacial score (nSPS) is 25.6. The van der Waals surface area contributed by atoms with Crippen LogP contribution in [0, 0.1) is 5.92 Å². The zero-order valence-corrected chi connectivity index (χ0v) is 20.6. The van der Waals surface area contributed by atoms with Crippen molar-refractivity contribution < 1.29 is 18.8 Å². The molecule has 2 aliphatic heterocycles. The van der Waals surface area contributed by atoms with E-state index < -0.39 is 0 Å². The summed E-state index contributed by atoms with van der Waals surface area (Å²) in [6, 6.07) is 6.10. The van der Waals surface area contributed by atoms with Crippen LogP contribution in [-0.2, 0) is 14.3 Å². The molecule has 3 aliphatic rings. The van der Waals surface area contributed by atoms with Crippen LogP contribution in [0.25, 0.3) is 11.0 Å². The van der Waals surface area contributed by atoms with Crippen LogP contribution in [0.15, 0.2) is 22.7 Å². The summed E-state index contributed by atoms with van der Waals surface area (Å²) in [6.07, 6.45) is 8.91. The predicted octanol–water partition coefficient (Wildman–Crippen LogP) is 4.88. The average Bonchev–Trinajstić information content (AvgIpc) is 3.27. The Morgan fingerprint density at radius 1 is 1.09 bits per heavy atom. The third kappa shape index (κ3) is 6.11. The third-order valence-corrected chi connectivity index (χ3v) is 7.98. The molecule has 1 amide bonds. The van der Waals surface area contributed by atoms with Gasteiger partial charge in [0.2, 0.25) is 5.91 Å². The van der Waals surface area contributed by atoms with Gasteiger partial charge in [-0.25, -0.2) is 0 Å². The van der Waals surface area contributed by atoms with E-state index in [0.717, 1.165) is 67.8 Å². The lowest BCUT2D eigenvalue weighted by Crippen LogP contribution is -2.41. The first-order chi connectivity index (χ1) is 16.6. The highest BCUT2D eigenvalue weighted by atomic mass is 35.5. The Morgan fingerprint density at radius 3 is 2.62 bits per heavy atom. The summed E-state index contributed by atoms with van der Waals surface area (Å²) in [7, 11) is 0. The number of nitrogens with zero attached hydrogens (tertiary/aromatic N) is 2. The molecule has 1 saturated carbocycles. The Morgan fingerprint density at radius 2 is 1.85 bits per heavy atom. The zero-order chi connectivity index (χ0) is 23.3. The maximum absolute atomic E-state index is 12.3. The number of nitrogens with one attached hydrogen (secondary N) is 1. The molecule has 0 atom stereocenters. The summed E-state index contributed by atoms with van der Waals surface area (Å²) in [5.74, 6) is 1.28. The van der Waals surface area contributed by atoms with Crippen molar-refractivity contribution >= 4 is 28.5 Å². The van der Waals surface area contributed by atoms with Crippen molar-refractivity contribution in [3.63, 3.8) is 0 Å². The van der Waals surface area contributed by atoms with E-state index in [0.29, 0.717) is 36.6 Å². The molecular formula is C26H36ClN3O4.